The van der Waals surface area contributed by atoms with Crippen LogP contribution in [0.1, 0.15) is 84.1 Å². The van der Waals surface area contributed by atoms with Crippen molar-refractivity contribution in [2.24, 2.45) is 0 Å². The lowest BCUT2D eigenvalue weighted by atomic mass is 10.1. The number of esters is 1. The maximum atomic E-state index is 11.9. The lowest BCUT2D eigenvalue weighted by Crippen LogP contribution is -2.02. The average Bonchev–Trinajstić information content (AvgIpc) is 2.70. The zero-order chi connectivity index (χ0) is 20.5. The van der Waals surface area contributed by atoms with Crippen LogP contribution in [0.4, 0.5) is 0 Å². The second kappa shape index (κ2) is 16.0. The zero-order valence-electron chi connectivity index (χ0n) is 18.0. The molecule has 0 atom stereocenters. The van der Waals surface area contributed by atoms with Gasteiger partial charge in [-0.2, -0.15) is 0 Å². The van der Waals surface area contributed by atoms with Crippen molar-refractivity contribution in [1.82, 2.24) is 0 Å². The molecule has 0 spiro atoms. The van der Waals surface area contributed by atoms with Crippen LogP contribution in [0.3, 0.4) is 0 Å². The molecular formula is C24H38O4. The van der Waals surface area contributed by atoms with Crippen LogP contribution in [-0.2, 0) is 9.53 Å². The van der Waals surface area contributed by atoms with Crippen LogP contribution >= 0.6 is 0 Å². The number of carbonyl (C=O) groups is 1. The van der Waals surface area contributed by atoms with E-state index in [1.54, 1.807) is 6.08 Å². The summed E-state index contributed by atoms with van der Waals surface area (Å²) in [7, 11) is 0. The fraction of sp³-hybridized carbons (Fsp3) is 0.625. The first-order chi connectivity index (χ1) is 13.7. The minimum Gasteiger partial charge on any atom is -0.490 e. The Morgan fingerprint density at radius 2 is 1.43 bits per heavy atom. The van der Waals surface area contributed by atoms with Crippen molar-refractivity contribution < 1.29 is 19.0 Å². The SMILES string of the molecule is CCCCCCCCCCCOC(=O)C=Cc1ccc(OCC)c(OCC)c1. The minimum atomic E-state index is -0.300. The van der Waals surface area contributed by atoms with Gasteiger partial charge in [-0.3, -0.25) is 0 Å². The molecule has 0 N–H and O–H groups in total. The summed E-state index contributed by atoms with van der Waals surface area (Å²) >= 11 is 0. The molecule has 1 aromatic carbocycles. The van der Waals surface area contributed by atoms with Gasteiger partial charge in [0, 0.05) is 6.08 Å². The summed E-state index contributed by atoms with van der Waals surface area (Å²) in [5.74, 6) is 1.11. The molecule has 0 aliphatic rings. The molecule has 1 aromatic rings. The average molecular weight is 391 g/mol. The first-order valence-corrected chi connectivity index (χ1v) is 11.0. The van der Waals surface area contributed by atoms with E-state index in [-0.39, 0.29) is 5.97 Å². The van der Waals surface area contributed by atoms with Gasteiger partial charge in [0.2, 0.25) is 0 Å². The lowest BCUT2D eigenvalue weighted by Gasteiger charge is -2.11. The lowest BCUT2D eigenvalue weighted by molar-refractivity contribution is -0.137. The smallest absolute Gasteiger partial charge is 0.330 e. The topological polar surface area (TPSA) is 44.8 Å². The van der Waals surface area contributed by atoms with E-state index in [4.69, 9.17) is 14.2 Å². The van der Waals surface area contributed by atoms with Crippen molar-refractivity contribution in [3.8, 4) is 11.5 Å². The van der Waals surface area contributed by atoms with Gasteiger partial charge in [0.1, 0.15) is 0 Å². The van der Waals surface area contributed by atoms with Gasteiger partial charge in [-0.15, -0.1) is 0 Å². The van der Waals surface area contributed by atoms with Crippen molar-refractivity contribution in [3.05, 3.63) is 29.8 Å². The highest BCUT2D eigenvalue weighted by atomic mass is 16.5. The Labute approximate surface area is 171 Å². The van der Waals surface area contributed by atoms with E-state index in [2.05, 4.69) is 6.92 Å². The van der Waals surface area contributed by atoms with Crippen LogP contribution in [0.2, 0.25) is 0 Å². The summed E-state index contributed by atoms with van der Waals surface area (Å²) in [5.41, 5.74) is 0.881. The molecule has 1 rings (SSSR count). The van der Waals surface area contributed by atoms with Crippen molar-refractivity contribution in [2.75, 3.05) is 19.8 Å². The van der Waals surface area contributed by atoms with Gasteiger partial charge in [0.05, 0.1) is 19.8 Å². The molecule has 0 heterocycles. The summed E-state index contributed by atoms with van der Waals surface area (Å²) in [6.45, 7) is 7.75. The molecule has 28 heavy (non-hydrogen) atoms. The normalized spacial score (nSPS) is 11.0. The number of ether oxygens (including phenoxy) is 3. The van der Waals surface area contributed by atoms with Crippen molar-refractivity contribution >= 4 is 12.0 Å². The second-order valence-corrected chi connectivity index (χ2v) is 6.90. The van der Waals surface area contributed by atoms with Gasteiger partial charge in [-0.05, 0) is 44.0 Å². The Kier molecular flexibility index (Phi) is 13.8. The van der Waals surface area contributed by atoms with E-state index in [0.29, 0.717) is 25.6 Å². The van der Waals surface area contributed by atoms with E-state index in [0.717, 1.165) is 24.2 Å². The standard InChI is InChI=1S/C24H38O4/c1-4-7-8-9-10-11-12-13-14-19-28-24(25)18-16-21-15-17-22(26-5-2)23(20-21)27-6-3/h15-18,20H,4-14,19H2,1-3H3. The molecule has 0 aromatic heterocycles. The van der Waals surface area contributed by atoms with E-state index < -0.39 is 0 Å². The minimum absolute atomic E-state index is 0.300. The van der Waals surface area contributed by atoms with Gasteiger partial charge in [-0.25, -0.2) is 4.79 Å². The number of hydrogen-bond donors (Lipinski definition) is 0. The summed E-state index contributed by atoms with van der Waals surface area (Å²) in [5, 5.41) is 0. The van der Waals surface area contributed by atoms with Gasteiger partial charge < -0.3 is 14.2 Å². The second-order valence-electron chi connectivity index (χ2n) is 6.90. The van der Waals surface area contributed by atoms with Crippen LogP contribution in [0.15, 0.2) is 24.3 Å². The first kappa shape index (κ1) is 24.1. The van der Waals surface area contributed by atoms with E-state index >= 15 is 0 Å². The molecule has 0 bridgehead atoms. The third kappa shape index (κ3) is 11.0. The van der Waals surface area contributed by atoms with Crippen molar-refractivity contribution in [3.63, 3.8) is 0 Å². The Morgan fingerprint density at radius 3 is 2.07 bits per heavy atom. The molecule has 0 radical (unpaired) electrons. The number of unbranched alkanes of at least 4 members (excludes halogenated alkanes) is 8. The molecule has 0 fully saturated rings. The van der Waals surface area contributed by atoms with Crippen molar-refractivity contribution in [1.29, 1.82) is 0 Å². The molecule has 0 aliphatic heterocycles. The van der Waals surface area contributed by atoms with Crippen LogP contribution in [0.5, 0.6) is 11.5 Å². The van der Waals surface area contributed by atoms with Crippen LogP contribution in [-0.4, -0.2) is 25.8 Å². The van der Waals surface area contributed by atoms with E-state index in [9.17, 15) is 4.79 Å². The highest BCUT2D eigenvalue weighted by Gasteiger charge is 2.05. The molecule has 4 heteroatoms. The van der Waals surface area contributed by atoms with E-state index in [1.807, 2.05) is 32.0 Å². The van der Waals surface area contributed by atoms with Crippen LogP contribution < -0.4 is 9.47 Å². The monoisotopic (exact) mass is 390 g/mol. The van der Waals surface area contributed by atoms with Gasteiger partial charge in [-0.1, -0.05) is 64.4 Å². The van der Waals surface area contributed by atoms with Gasteiger partial charge in [0.15, 0.2) is 11.5 Å². The summed E-state index contributed by atoms with van der Waals surface area (Å²) in [6.07, 6.45) is 14.5. The number of hydrogen-bond acceptors (Lipinski definition) is 4. The van der Waals surface area contributed by atoms with Crippen LogP contribution in [0.25, 0.3) is 6.08 Å². The quantitative estimate of drug-likeness (QED) is 0.182. The van der Waals surface area contributed by atoms with Gasteiger partial charge >= 0.3 is 5.97 Å². The highest BCUT2D eigenvalue weighted by molar-refractivity contribution is 5.87. The largest absolute Gasteiger partial charge is 0.490 e. The number of rotatable bonds is 16. The van der Waals surface area contributed by atoms with E-state index in [1.165, 1.54) is 51.0 Å². The number of carbonyl (C=O) groups excluding carboxylic acids is 1. The molecule has 0 unspecified atom stereocenters. The Bertz CT molecular complexity index is 566. The molecule has 0 amide bonds. The maximum Gasteiger partial charge on any atom is 0.330 e. The highest BCUT2D eigenvalue weighted by Crippen LogP contribution is 2.29. The summed E-state index contributed by atoms with van der Waals surface area (Å²) in [4.78, 5) is 11.9. The van der Waals surface area contributed by atoms with Crippen molar-refractivity contribution in [2.45, 2.75) is 78.6 Å². The molecule has 0 saturated carbocycles. The van der Waals surface area contributed by atoms with Gasteiger partial charge in [0.25, 0.3) is 0 Å². The fourth-order valence-electron chi connectivity index (χ4n) is 2.97. The first-order valence-electron chi connectivity index (χ1n) is 11.0. The summed E-state index contributed by atoms with van der Waals surface area (Å²) in [6, 6.07) is 5.64. The predicted octanol–water partition coefficient (Wildman–Crippen LogP) is 6.57. The Hall–Kier alpha value is -1.97. The molecule has 0 aliphatic carbocycles. The molecule has 158 valence electrons. The number of benzene rings is 1. The molecule has 0 saturated heterocycles. The zero-order valence-corrected chi connectivity index (χ0v) is 18.0. The fourth-order valence-corrected chi connectivity index (χ4v) is 2.97. The molecule has 4 nitrogen and oxygen atoms in total. The predicted molar refractivity (Wildman–Crippen MR) is 116 cm³/mol. The van der Waals surface area contributed by atoms with Crippen LogP contribution in [0, 0.1) is 0 Å². The maximum absolute atomic E-state index is 11.9. The summed E-state index contributed by atoms with van der Waals surface area (Å²) < 4.78 is 16.4. The third-order valence-corrected chi connectivity index (χ3v) is 4.47. The Morgan fingerprint density at radius 1 is 0.821 bits per heavy atom. The molecular weight excluding hydrogens is 352 g/mol. The third-order valence-electron chi connectivity index (χ3n) is 4.47. The Balaban J connectivity index is 2.24.